The molecule has 0 spiro atoms. The van der Waals surface area contributed by atoms with Crippen molar-refractivity contribution in [1.29, 1.82) is 0 Å². The topological polar surface area (TPSA) is 73.6 Å². The lowest BCUT2D eigenvalue weighted by atomic mass is 9.85. The number of aromatic nitrogens is 2. The highest BCUT2D eigenvalue weighted by molar-refractivity contribution is 6.61. The molecule has 1 aliphatic rings. The van der Waals surface area contributed by atoms with Gasteiger partial charge in [-0.3, -0.25) is 0 Å². The minimum atomic E-state index is -1.13. The fourth-order valence-electron chi connectivity index (χ4n) is 1.53. The van der Waals surface area contributed by atoms with Crippen molar-refractivity contribution in [3.63, 3.8) is 0 Å². The molecular weight excluding hydrogens is 223 g/mol. The lowest BCUT2D eigenvalue weighted by Crippen LogP contribution is -2.41. The maximum absolute atomic E-state index is 10.7. The summed E-state index contributed by atoms with van der Waals surface area (Å²) in [5.74, 6) is 0. The number of rotatable bonds is 1. The molecule has 0 bridgehead atoms. The van der Waals surface area contributed by atoms with E-state index in [2.05, 4.69) is 5.10 Å². The second-order valence-corrected chi connectivity index (χ2v) is 5.06. The predicted octanol–water partition coefficient (Wildman–Crippen LogP) is 0.708. The molecule has 1 aliphatic heterocycles. The maximum Gasteiger partial charge on any atom is 0.516 e. The molecule has 0 aliphatic carbocycles. The van der Waals surface area contributed by atoms with Gasteiger partial charge in [-0.15, -0.1) is 0 Å². The van der Waals surface area contributed by atoms with Gasteiger partial charge in [0.2, 0.25) is 0 Å². The zero-order valence-corrected chi connectivity index (χ0v) is 10.3. The minimum Gasteiger partial charge on any atom is -0.463 e. The molecule has 1 aromatic rings. The molecule has 2 rings (SSSR count). The molecule has 1 saturated heterocycles. The molecule has 2 heterocycles. The molecule has 1 N–H and O–H groups in total. The van der Waals surface area contributed by atoms with Crippen LogP contribution in [0.5, 0.6) is 0 Å². The summed E-state index contributed by atoms with van der Waals surface area (Å²) in [6, 6.07) is 1.58. The first-order valence-electron chi connectivity index (χ1n) is 5.37. The van der Waals surface area contributed by atoms with Crippen LogP contribution >= 0.6 is 0 Å². The van der Waals surface area contributed by atoms with Gasteiger partial charge in [0, 0.05) is 6.20 Å². The Morgan fingerprint density at radius 2 is 1.88 bits per heavy atom. The molecule has 17 heavy (non-hydrogen) atoms. The molecule has 0 aromatic carbocycles. The Hall–Kier alpha value is -1.34. The fourth-order valence-corrected chi connectivity index (χ4v) is 1.53. The van der Waals surface area contributed by atoms with E-state index in [1.165, 1.54) is 6.20 Å². The molecule has 0 saturated carbocycles. The van der Waals surface area contributed by atoms with Crippen molar-refractivity contribution in [2.45, 2.75) is 38.9 Å². The summed E-state index contributed by atoms with van der Waals surface area (Å²) in [7, 11) is -0.624. The molecular formula is C10H15BN2O4. The van der Waals surface area contributed by atoms with E-state index < -0.39 is 24.4 Å². The number of hydrogen-bond acceptors (Lipinski definition) is 4. The second kappa shape index (κ2) is 3.58. The van der Waals surface area contributed by atoms with Crippen molar-refractivity contribution < 1.29 is 19.2 Å². The van der Waals surface area contributed by atoms with E-state index in [9.17, 15) is 4.79 Å². The molecule has 1 fully saturated rings. The standard InChI is InChI=1S/C10H15BN2O4/c1-9(2)10(3,4)17-11(16-9)7-5-6-13(12-7)8(14)15/h5-6H,1-4H3,(H,14,15). The number of carbonyl (C=O) groups is 1. The summed E-state index contributed by atoms with van der Waals surface area (Å²) in [4.78, 5) is 10.7. The fraction of sp³-hybridized carbons (Fsp3) is 0.600. The van der Waals surface area contributed by atoms with Crippen molar-refractivity contribution in [3.05, 3.63) is 12.3 Å². The van der Waals surface area contributed by atoms with E-state index in [0.717, 1.165) is 4.68 Å². The van der Waals surface area contributed by atoms with Crippen molar-refractivity contribution in [2.24, 2.45) is 0 Å². The largest absolute Gasteiger partial charge is 0.516 e. The van der Waals surface area contributed by atoms with E-state index in [1.54, 1.807) is 6.07 Å². The summed E-state index contributed by atoms with van der Waals surface area (Å²) < 4.78 is 12.3. The van der Waals surface area contributed by atoms with Gasteiger partial charge in [-0.05, 0) is 33.8 Å². The van der Waals surface area contributed by atoms with Crippen LogP contribution in [-0.4, -0.2) is 39.3 Å². The van der Waals surface area contributed by atoms with Gasteiger partial charge in [0.15, 0.2) is 0 Å². The average molecular weight is 238 g/mol. The molecule has 0 atom stereocenters. The maximum atomic E-state index is 10.7. The Kier molecular flexibility index (Phi) is 2.55. The highest BCUT2D eigenvalue weighted by Crippen LogP contribution is 2.36. The smallest absolute Gasteiger partial charge is 0.463 e. The van der Waals surface area contributed by atoms with E-state index in [0.29, 0.717) is 5.59 Å². The summed E-state index contributed by atoms with van der Waals surface area (Å²) >= 11 is 0. The van der Waals surface area contributed by atoms with Crippen LogP contribution < -0.4 is 5.59 Å². The first-order valence-corrected chi connectivity index (χ1v) is 5.37. The van der Waals surface area contributed by atoms with Crippen molar-refractivity contribution >= 4 is 18.8 Å². The summed E-state index contributed by atoms with van der Waals surface area (Å²) in [6.07, 6.45) is 0.232. The molecule has 0 radical (unpaired) electrons. The van der Waals surface area contributed by atoms with Crippen LogP contribution in [-0.2, 0) is 9.31 Å². The van der Waals surface area contributed by atoms with Gasteiger partial charge in [0.1, 0.15) is 0 Å². The van der Waals surface area contributed by atoms with Gasteiger partial charge in [0.05, 0.1) is 16.8 Å². The third-order valence-corrected chi connectivity index (χ3v) is 3.30. The van der Waals surface area contributed by atoms with Crippen LogP contribution in [0.25, 0.3) is 0 Å². The van der Waals surface area contributed by atoms with Crippen LogP contribution in [0.15, 0.2) is 12.3 Å². The van der Waals surface area contributed by atoms with E-state index in [4.69, 9.17) is 14.4 Å². The summed E-state index contributed by atoms with van der Waals surface area (Å²) in [5, 5.41) is 12.7. The highest BCUT2D eigenvalue weighted by atomic mass is 16.7. The monoisotopic (exact) mass is 238 g/mol. The molecule has 92 valence electrons. The number of nitrogens with zero attached hydrogens (tertiary/aromatic N) is 2. The van der Waals surface area contributed by atoms with Crippen LogP contribution in [0.2, 0.25) is 0 Å². The van der Waals surface area contributed by atoms with Gasteiger partial charge < -0.3 is 14.4 Å². The van der Waals surface area contributed by atoms with Gasteiger partial charge in [0.25, 0.3) is 0 Å². The lowest BCUT2D eigenvalue weighted by Gasteiger charge is -2.32. The Balaban J connectivity index is 2.23. The Labute approximate surface area is 99.7 Å². The van der Waals surface area contributed by atoms with Crippen molar-refractivity contribution in [3.8, 4) is 0 Å². The summed E-state index contributed by atoms with van der Waals surface area (Å²) in [6.45, 7) is 7.73. The van der Waals surface area contributed by atoms with E-state index >= 15 is 0 Å². The summed E-state index contributed by atoms with van der Waals surface area (Å²) in [5.41, 5.74) is -0.443. The van der Waals surface area contributed by atoms with E-state index in [1.807, 2.05) is 27.7 Å². The lowest BCUT2D eigenvalue weighted by molar-refractivity contribution is 0.00578. The highest BCUT2D eigenvalue weighted by Gasteiger charge is 2.52. The van der Waals surface area contributed by atoms with Crippen LogP contribution in [0.1, 0.15) is 27.7 Å². The van der Waals surface area contributed by atoms with Crippen LogP contribution in [0.3, 0.4) is 0 Å². The van der Waals surface area contributed by atoms with Gasteiger partial charge >= 0.3 is 13.2 Å². The van der Waals surface area contributed by atoms with Gasteiger partial charge in [-0.25, -0.2) is 4.79 Å². The zero-order chi connectivity index (χ0) is 12.8. The second-order valence-electron chi connectivity index (χ2n) is 5.06. The first-order chi connectivity index (χ1) is 7.73. The molecule has 1 aromatic heterocycles. The third kappa shape index (κ3) is 1.96. The number of carboxylic acid groups (broad SMARTS) is 1. The molecule has 0 amide bonds. The quantitative estimate of drug-likeness (QED) is 0.729. The van der Waals surface area contributed by atoms with Crippen LogP contribution in [0.4, 0.5) is 4.79 Å². The zero-order valence-electron chi connectivity index (χ0n) is 10.3. The van der Waals surface area contributed by atoms with Crippen LogP contribution in [0, 0.1) is 0 Å². The first kappa shape index (κ1) is 12.1. The Bertz CT molecular complexity index is 439. The SMILES string of the molecule is CC1(C)OB(c2ccn(C(=O)O)n2)OC1(C)C. The third-order valence-electron chi connectivity index (χ3n) is 3.30. The average Bonchev–Trinajstić information content (AvgIpc) is 2.70. The minimum absolute atomic E-state index is 0.454. The number of hydrogen-bond donors (Lipinski definition) is 1. The molecule has 6 nitrogen and oxygen atoms in total. The van der Waals surface area contributed by atoms with Gasteiger partial charge in [-0.2, -0.15) is 9.78 Å². The van der Waals surface area contributed by atoms with Crippen molar-refractivity contribution in [1.82, 2.24) is 9.78 Å². The Morgan fingerprint density at radius 3 is 2.29 bits per heavy atom. The normalized spacial score (nSPS) is 21.8. The van der Waals surface area contributed by atoms with Crippen molar-refractivity contribution in [2.75, 3.05) is 0 Å². The van der Waals surface area contributed by atoms with Gasteiger partial charge in [-0.1, -0.05) is 0 Å². The predicted molar refractivity (Wildman–Crippen MR) is 61.4 cm³/mol. The molecule has 0 unspecified atom stereocenters. The molecule has 7 heteroatoms. The van der Waals surface area contributed by atoms with E-state index in [-0.39, 0.29) is 0 Å². The Morgan fingerprint density at radius 1 is 1.35 bits per heavy atom.